The Hall–Kier alpha value is -1.41. The first-order valence-electron chi connectivity index (χ1n) is 7.10. The topological polar surface area (TPSA) is 12.4 Å². The third-order valence-corrected chi connectivity index (χ3v) is 4.40. The molecular formula is C18H18BrN. The fourth-order valence-corrected chi connectivity index (χ4v) is 3.19. The van der Waals surface area contributed by atoms with Gasteiger partial charge in [-0.3, -0.25) is 4.99 Å². The van der Waals surface area contributed by atoms with E-state index < -0.39 is 0 Å². The van der Waals surface area contributed by atoms with Crippen LogP contribution >= 0.6 is 15.9 Å². The van der Waals surface area contributed by atoms with E-state index in [1.165, 1.54) is 26.9 Å². The zero-order valence-electron chi connectivity index (χ0n) is 11.6. The molecule has 0 fully saturated rings. The number of rotatable bonds is 2. The Kier molecular flexibility index (Phi) is 4.02. The molecule has 1 aliphatic rings. The molecule has 0 aromatic heterocycles. The monoisotopic (exact) mass is 327 g/mol. The van der Waals surface area contributed by atoms with Gasteiger partial charge in [-0.15, -0.1) is 0 Å². The Labute approximate surface area is 128 Å². The lowest BCUT2D eigenvalue weighted by atomic mass is 9.90. The second-order valence-electron chi connectivity index (χ2n) is 5.37. The van der Waals surface area contributed by atoms with Gasteiger partial charge in [0.1, 0.15) is 0 Å². The zero-order chi connectivity index (χ0) is 13.9. The highest BCUT2D eigenvalue weighted by Crippen LogP contribution is 2.25. The van der Waals surface area contributed by atoms with E-state index in [1.807, 2.05) is 0 Å². The number of halogens is 1. The first-order chi connectivity index (χ1) is 9.72. The standard InChI is InChI=1S/C18H18BrN/c1-13(14-5-3-2-4-6-14)20-18-10-8-15-11-17(19)9-7-16(15)12-18/h2-7,9,11,13H,8,10,12H2,1H3. The molecule has 3 rings (SSSR count). The van der Waals surface area contributed by atoms with Crippen molar-refractivity contribution in [2.45, 2.75) is 32.2 Å². The lowest BCUT2D eigenvalue weighted by Crippen LogP contribution is -2.14. The van der Waals surface area contributed by atoms with Crippen molar-refractivity contribution < 1.29 is 0 Å². The van der Waals surface area contributed by atoms with Gasteiger partial charge in [0.25, 0.3) is 0 Å². The molecule has 2 heteroatoms. The van der Waals surface area contributed by atoms with Crippen molar-refractivity contribution in [1.82, 2.24) is 0 Å². The van der Waals surface area contributed by atoms with Crippen LogP contribution in [0.15, 0.2) is 58.0 Å². The fourth-order valence-electron chi connectivity index (χ4n) is 2.78. The average molecular weight is 328 g/mol. The minimum atomic E-state index is 0.253. The van der Waals surface area contributed by atoms with Crippen LogP contribution in [0.5, 0.6) is 0 Å². The second kappa shape index (κ2) is 5.92. The van der Waals surface area contributed by atoms with E-state index in [9.17, 15) is 0 Å². The smallest absolute Gasteiger partial charge is 0.0720 e. The Bertz CT molecular complexity index is 631. The van der Waals surface area contributed by atoms with Crippen molar-refractivity contribution in [3.05, 3.63) is 69.7 Å². The van der Waals surface area contributed by atoms with Gasteiger partial charge in [-0.25, -0.2) is 0 Å². The maximum absolute atomic E-state index is 4.93. The minimum absolute atomic E-state index is 0.253. The van der Waals surface area contributed by atoms with E-state index in [2.05, 4.69) is 71.4 Å². The van der Waals surface area contributed by atoms with E-state index in [0.29, 0.717) is 0 Å². The molecule has 0 saturated heterocycles. The summed E-state index contributed by atoms with van der Waals surface area (Å²) in [6.45, 7) is 2.18. The van der Waals surface area contributed by atoms with Gasteiger partial charge < -0.3 is 0 Å². The van der Waals surface area contributed by atoms with E-state index in [-0.39, 0.29) is 6.04 Å². The third-order valence-electron chi connectivity index (χ3n) is 3.90. The highest BCUT2D eigenvalue weighted by Gasteiger charge is 2.15. The van der Waals surface area contributed by atoms with Crippen molar-refractivity contribution in [1.29, 1.82) is 0 Å². The Balaban J connectivity index is 1.80. The van der Waals surface area contributed by atoms with Gasteiger partial charge in [0.15, 0.2) is 0 Å². The summed E-state index contributed by atoms with van der Waals surface area (Å²) in [6, 6.07) is 17.4. The number of fused-ring (bicyclic) bond motifs is 1. The molecule has 2 aromatic carbocycles. The van der Waals surface area contributed by atoms with Crippen LogP contribution in [-0.2, 0) is 12.8 Å². The maximum Gasteiger partial charge on any atom is 0.0720 e. The molecule has 2 aromatic rings. The van der Waals surface area contributed by atoms with Gasteiger partial charge in [0, 0.05) is 16.6 Å². The molecule has 0 spiro atoms. The summed E-state index contributed by atoms with van der Waals surface area (Å²) in [5.41, 5.74) is 5.52. The van der Waals surface area contributed by atoms with Crippen LogP contribution in [0.1, 0.15) is 36.1 Å². The number of benzene rings is 2. The summed E-state index contributed by atoms with van der Waals surface area (Å²) in [4.78, 5) is 4.93. The lowest BCUT2D eigenvalue weighted by molar-refractivity contribution is 0.798. The molecule has 0 N–H and O–H groups in total. The quantitative estimate of drug-likeness (QED) is 0.724. The van der Waals surface area contributed by atoms with E-state index in [4.69, 9.17) is 4.99 Å². The van der Waals surface area contributed by atoms with Gasteiger partial charge in [-0.05, 0) is 48.6 Å². The van der Waals surface area contributed by atoms with Crippen LogP contribution in [0.25, 0.3) is 0 Å². The predicted octanol–water partition coefficient (Wildman–Crippen LogP) is 5.14. The number of aryl methyl sites for hydroxylation is 1. The van der Waals surface area contributed by atoms with Crippen molar-refractivity contribution >= 4 is 21.6 Å². The third kappa shape index (κ3) is 3.01. The van der Waals surface area contributed by atoms with Crippen molar-refractivity contribution in [3.63, 3.8) is 0 Å². The summed E-state index contributed by atoms with van der Waals surface area (Å²) in [6.07, 6.45) is 3.19. The molecule has 1 nitrogen and oxygen atoms in total. The Morgan fingerprint density at radius 2 is 1.80 bits per heavy atom. The molecule has 1 aliphatic carbocycles. The molecule has 20 heavy (non-hydrogen) atoms. The summed E-state index contributed by atoms with van der Waals surface area (Å²) in [5, 5.41) is 0. The molecule has 0 radical (unpaired) electrons. The largest absolute Gasteiger partial charge is 0.286 e. The summed E-state index contributed by atoms with van der Waals surface area (Å²) >= 11 is 3.55. The number of hydrogen-bond donors (Lipinski definition) is 0. The molecule has 102 valence electrons. The van der Waals surface area contributed by atoms with Gasteiger partial charge in [-0.2, -0.15) is 0 Å². The fraction of sp³-hybridized carbons (Fsp3) is 0.278. The molecule has 0 amide bonds. The van der Waals surface area contributed by atoms with E-state index in [1.54, 1.807) is 0 Å². The average Bonchev–Trinajstić information content (AvgIpc) is 2.48. The van der Waals surface area contributed by atoms with Gasteiger partial charge in [0.2, 0.25) is 0 Å². The molecule has 1 atom stereocenters. The van der Waals surface area contributed by atoms with E-state index in [0.717, 1.165) is 19.3 Å². The van der Waals surface area contributed by atoms with Crippen molar-refractivity contribution in [2.75, 3.05) is 0 Å². The summed E-state index contributed by atoms with van der Waals surface area (Å²) in [7, 11) is 0. The lowest BCUT2D eigenvalue weighted by Gasteiger charge is -2.19. The molecule has 0 bridgehead atoms. The number of nitrogens with zero attached hydrogens (tertiary/aromatic N) is 1. The van der Waals surface area contributed by atoms with Crippen LogP contribution in [-0.4, -0.2) is 5.71 Å². The Morgan fingerprint density at radius 3 is 2.60 bits per heavy atom. The van der Waals surface area contributed by atoms with Gasteiger partial charge >= 0.3 is 0 Å². The van der Waals surface area contributed by atoms with Crippen LogP contribution in [0.2, 0.25) is 0 Å². The molecule has 0 aliphatic heterocycles. The minimum Gasteiger partial charge on any atom is -0.286 e. The SMILES string of the molecule is CC(N=C1CCc2cc(Br)ccc2C1)c1ccccc1. The number of hydrogen-bond acceptors (Lipinski definition) is 1. The molecular weight excluding hydrogens is 310 g/mol. The highest BCUT2D eigenvalue weighted by atomic mass is 79.9. The molecule has 0 saturated carbocycles. The normalized spacial score (nSPS) is 17.8. The van der Waals surface area contributed by atoms with Crippen LogP contribution in [0, 0.1) is 0 Å². The Morgan fingerprint density at radius 1 is 1.00 bits per heavy atom. The number of aliphatic imine (C=N–C) groups is 1. The van der Waals surface area contributed by atoms with Crippen molar-refractivity contribution in [3.8, 4) is 0 Å². The van der Waals surface area contributed by atoms with Crippen LogP contribution in [0.3, 0.4) is 0 Å². The maximum atomic E-state index is 4.93. The first kappa shape index (κ1) is 13.6. The van der Waals surface area contributed by atoms with Gasteiger partial charge in [0.05, 0.1) is 6.04 Å². The van der Waals surface area contributed by atoms with Gasteiger partial charge in [-0.1, -0.05) is 52.3 Å². The molecule has 0 heterocycles. The summed E-state index contributed by atoms with van der Waals surface area (Å²) in [5.74, 6) is 0. The summed E-state index contributed by atoms with van der Waals surface area (Å²) < 4.78 is 1.18. The van der Waals surface area contributed by atoms with Crippen LogP contribution in [0.4, 0.5) is 0 Å². The van der Waals surface area contributed by atoms with E-state index >= 15 is 0 Å². The second-order valence-corrected chi connectivity index (χ2v) is 6.29. The first-order valence-corrected chi connectivity index (χ1v) is 7.89. The zero-order valence-corrected chi connectivity index (χ0v) is 13.2. The van der Waals surface area contributed by atoms with Crippen molar-refractivity contribution in [2.24, 2.45) is 4.99 Å². The van der Waals surface area contributed by atoms with Crippen LogP contribution < -0.4 is 0 Å². The molecule has 1 unspecified atom stereocenters. The predicted molar refractivity (Wildman–Crippen MR) is 88.5 cm³/mol. The highest BCUT2D eigenvalue weighted by molar-refractivity contribution is 9.10.